The van der Waals surface area contributed by atoms with Crippen molar-refractivity contribution < 1.29 is 13.0 Å². The topological polar surface area (TPSA) is 92.2 Å². The molecular formula is C20H11Cl2F2N4OS-. The van der Waals surface area contributed by atoms with Crippen LogP contribution in [0, 0.1) is 28.9 Å². The van der Waals surface area contributed by atoms with Gasteiger partial charge < -0.3 is 19.7 Å². The third kappa shape index (κ3) is 4.60. The van der Waals surface area contributed by atoms with Crippen LogP contribution in [0.25, 0.3) is 0 Å². The van der Waals surface area contributed by atoms with E-state index < -0.39 is 27.8 Å². The Balaban J connectivity index is 2.06. The Labute approximate surface area is 182 Å². The zero-order valence-corrected chi connectivity index (χ0v) is 17.2. The van der Waals surface area contributed by atoms with Crippen LogP contribution in [0.5, 0.6) is 0 Å². The maximum Gasteiger partial charge on any atom is 0.165 e. The molecule has 0 aliphatic rings. The van der Waals surface area contributed by atoms with Crippen molar-refractivity contribution in [1.82, 2.24) is 4.98 Å². The fraction of sp³-hybridized carbons (Fsp3) is 0. The van der Waals surface area contributed by atoms with E-state index in [1.807, 2.05) is 0 Å². The maximum atomic E-state index is 14.8. The number of benzene rings is 2. The van der Waals surface area contributed by atoms with Crippen LogP contribution >= 0.6 is 23.2 Å². The van der Waals surface area contributed by atoms with Crippen molar-refractivity contribution in [2.45, 2.75) is 4.90 Å². The van der Waals surface area contributed by atoms with Gasteiger partial charge in [-0.15, -0.1) is 0 Å². The summed E-state index contributed by atoms with van der Waals surface area (Å²) >= 11 is 12.0. The number of nitrogen functional groups attached to an aromatic ring is 1. The Bertz CT molecular complexity index is 1290. The number of nitrogens with two attached hydrogens (primary N) is 1. The summed E-state index contributed by atoms with van der Waals surface area (Å²) < 4.78 is 45.3. The minimum absolute atomic E-state index is 0.0179. The van der Waals surface area contributed by atoms with Crippen LogP contribution in [0.2, 0.25) is 10.0 Å². The first-order chi connectivity index (χ1) is 14.3. The van der Waals surface area contributed by atoms with Crippen LogP contribution < -0.4 is 5.73 Å². The fourth-order valence-corrected chi connectivity index (χ4v) is 4.00. The monoisotopic (exact) mass is 463 g/mol. The molecule has 1 aromatic heterocycles. The van der Waals surface area contributed by atoms with Crippen molar-refractivity contribution in [3.05, 3.63) is 81.0 Å². The van der Waals surface area contributed by atoms with Gasteiger partial charge in [-0.25, -0.2) is 13.8 Å². The second-order valence-corrected chi connectivity index (χ2v) is 7.64. The standard InChI is InChI=1S/C20H11Cl2F2N4OS/c21-14-2-1-3-15(22)19(14)30(29)28-17-7-6-16(23)13(18(17)24)5-4-11-8-12(9-25)20(26)27-10-11/h1-3,6-10,25H,(H2,26,27)/q-1. The average Bonchev–Trinajstić information content (AvgIpc) is 2.71. The van der Waals surface area contributed by atoms with Gasteiger partial charge in [0.25, 0.3) is 0 Å². The first-order valence-corrected chi connectivity index (χ1v) is 10.0. The molecule has 0 unspecified atom stereocenters. The summed E-state index contributed by atoms with van der Waals surface area (Å²) in [5.74, 6) is 3.07. The molecule has 0 atom stereocenters. The molecule has 0 saturated heterocycles. The van der Waals surface area contributed by atoms with E-state index in [1.54, 1.807) is 6.07 Å². The summed E-state index contributed by atoms with van der Waals surface area (Å²) in [6, 6.07) is 7.96. The number of nitrogens with zero attached hydrogens (tertiary/aromatic N) is 2. The predicted molar refractivity (Wildman–Crippen MR) is 114 cm³/mol. The Morgan fingerprint density at radius 2 is 1.87 bits per heavy atom. The molecule has 5 nitrogen and oxygen atoms in total. The lowest BCUT2D eigenvalue weighted by Gasteiger charge is -2.11. The summed E-state index contributed by atoms with van der Waals surface area (Å²) in [4.78, 5) is 3.88. The molecule has 2 aromatic carbocycles. The number of hydrogen-bond acceptors (Lipinski definition) is 6. The van der Waals surface area contributed by atoms with Crippen molar-refractivity contribution in [3.8, 4) is 11.8 Å². The quantitative estimate of drug-likeness (QED) is 0.305. The number of hydrogen-bond donors (Lipinski definition) is 2. The van der Waals surface area contributed by atoms with E-state index >= 15 is 0 Å². The maximum absolute atomic E-state index is 14.8. The first kappa shape index (κ1) is 21.7. The zero-order valence-electron chi connectivity index (χ0n) is 14.9. The Kier molecular flexibility index (Phi) is 6.67. The van der Waals surface area contributed by atoms with E-state index in [-0.39, 0.29) is 26.4 Å². The van der Waals surface area contributed by atoms with Crippen LogP contribution in [0.1, 0.15) is 16.7 Å². The van der Waals surface area contributed by atoms with E-state index in [2.05, 4.69) is 21.2 Å². The summed E-state index contributed by atoms with van der Waals surface area (Å²) in [6.07, 6.45) is 2.30. The highest BCUT2D eigenvalue weighted by Gasteiger charge is 2.11. The summed E-state index contributed by atoms with van der Waals surface area (Å²) in [5.41, 5.74) is 5.29. The molecule has 0 radical (unpaired) electrons. The van der Waals surface area contributed by atoms with Crippen molar-refractivity contribution >= 4 is 51.5 Å². The lowest BCUT2D eigenvalue weighted by molar-refractivity contribution is 0.578. The van der Waals surface area contributed by atoms with Gasteiger partial charge in [-0.2, -0.15) is 10.6 Å². The van der Waals surface area contributed by atoms with Gasteiger partial charge in [0, 0.05) is 33.6 Å². The fourth-order valence-electron chi connectivity index (χ4n) is 2.32. The Morgan fingerprint density at radius 1 is 1.17 bits per heavy atom. The third-order valence-corrected chi connectivity index (χ3v) is 5.79. The number of anilines is 1. The van der Waals surface area contributed by atoms with E-state index in [0.717, 1.165) is 18.3 Å². The predicted octanol–water partition coefficient (Wildman–Crippen LogP) is 5.48. The number of halogens is 4. The number of pyridine rings is 1. The molecule has 0 bridgehead atoms. The molecule has 30 heavy (non-hydrogen) atoms. The highest BCUT2D eigenvalue weighted by atomic mass is 35.5. The van der Waals surface area contributed by atoms with Crippen LogP contribution in [-0.4, -0.2) is 11.2 Å². The van der Waals surface area contributed by atoms with Crippen LogP contribution in [0.3, 0.4) is 0 Å². The lowest BCUT2D eigenvalue weighted by atomic mass is 10.1. The van der Waals surface area contributed by atoms with Crippen LogP contribution in [0.4, 0.5) is 20.3 Å². The molecular weight excluding hydrogens is 453 g/mol. The van der Waals surface area contributed by atoms with Crippen molar-refractivity contribution in [2.75, 3.05) is 5.73 Å². The average molecular weight is 464 g/mol. The molecule has 0 aliphatic heterocycles. The van der Waals surface area contributed by atoms with Gasteiger partial charge in [0.05, 0.1) is 11.3 Å². The van der Waals surface area contributed by atoms with Gasteiger partial charge in [0.1, 0.15) is 11.6 Å². The molecule has 0 saturated carbocycles. The number of nitrogens with one attached hydrogen (secondary N) is 1. The molecule has 3 rings (SSSR count). The second kappa shape index (κ2) is 9.22. The molecule has 152 valence electrons. The van der Waals surface area contributed by atoms with Crippen LogP contribution in [0.15, 0.2) is 51.9 Å². The van der Waals surface area contributed by atoms with E-state index in [9.17, 15) is 13.0 Å². The molecule has 10 heteroatoms. The lowest BCUT2D eigenvalue weighted by Crippen LogP contribution is -1.97. The van der Waals surface area contributed by atoms with Crippen molar-refractivity contribution in [3.63, 3.8) is 0 Å². The van der Waals surface area contributed by atoms with Gasteiger partial charge in [0.15, 0.2) is 5.82 Å². The number of rotatable bonds is 3. The van der Waals surface area contributed by atoms with E-state index in [0.29, 0.717) is 11.1 Å². The number of aromatic nitrogens is 1. The second-order valence-electron chi connectivity index (χ2n) is 5.74. The van der Waals surface area contributed by atoms with Gasteiger partial charge >= 0.3 is 0 Å². The highest BCUT2D eigenvalue weighted by Crippen LogP contribution is 2.29. The third-order valence-electron chi connectivity index (χ3n) is 3.78. The van der Waals surface area contributed by atoms with Gasteiger partial charge in [-0.1, -0.05) is 46.0 Å². The Morgan fingerprint density at radius 3 is 2.53 bits per heavy atom. The van der Waals surface area contributed by atoms with Gasteiger partial charge in [-0.05, 0) is 30.3 Å². The minimum Gasteiger partial charge on any atom is -0.440 e. The minimum atomic E-state index is -2.13. The van der Waals surface area contributed by atoms with Crippen molar-refractivity contribution in [2.24, 2.45) is 4.36 Å². The molecule has 3 aromatic rings. The van der Waals surface area contributed by atoms with Gasteiger partial charge in [-0.3, -0.25) is 0 Å². The van der Waals surface area contributed by atoms with Crippen molar-refractivity contribution in [1.29, 1.82) is 5.41 Å². The molecule has 0 amide bonds. The highest BCUT2D eigenvalue weighted by molar-refractivity contribution is 7.75. The normalized spacial score (nSPS) is 11.6. The molecule has 0 aliphatic carbocycles. The molecule has 0 fully saturated rings. The van der Waals surface area contributed by atoms with E-state index in [4.69, 9.17) is 34.3 Å². The zero-order chi connectivity index (χ0) is 21.8. The summed E-state index contributed by atoms with van der Waals surface area (Å²) in [7, 11) is -2.13. The summed E-state index contributed by atoms with van der Waals surface area (Å²) in [6.45, 7) is 0. The van der Waals surface area contributed by atoms with E-state index in [1.165, 1.54) is 24.4 Å². The molecule has 1 heterocycles. The first-order valence-electron chi connectivity index (χ1n) is 8.15. The smallest absolute Gasteiger partial charge is 0.165 e. The van der Waals surface area contributed by atoms with Crippen LogP contribution in [-0.2, 0) is 14.8 Å². The largest absolute Gasteiger partial charge is 0.440 e. The Hall–Kier alpha value is -2.99. The van der Waals surface area contributed by atoms with Gasteiger partial charge in [0.2, 0.25) is 0 Å². The molecule has 0 spiro atoms. The summed E-state index contributed by atoms with van der Waals surface area (Å²) in [5, 5.41) is 7.47. The SMILES string of the molecule is N=Cc1cc(C#Cc2c(F)ccc(N=[S-](=O)c3c(Cl)cccc3Cl)c2F)cnc1N. The molecule has 3 N–H and O–H groups in total.